The SMILES string of the molecule is CCOc1ccccc1NC(=O)CSc1ccc(-c2ccc(C)cc2C)nn1. The van der Waals surface area contributed by atoms with Crippen LogP contribution in [0.15, 0.2) is 59.6 Å². The first-order valence-electron chi connectivity index (χ1n) is 9.12. The topological polar surface area (TPSA) is 64.1 Å². The number of carbonyl (C=O) groups is 1. The van der Waals surface area contributed by atoms with E-state index < -0.39 is 0 Å². The molecule has 0 aliphatic rings. The van der Waals surface area contributed by atoms with E-state index in [1.165, 1.54) is 22.9 Å². The zero-order valence-corrected chi connectivity index (χ0v) is 17.0. The molecule has 0 atom stereocenters. The van der Waals surface area contributed by atoms with Gasteiger partial charge in [0.25, 0.3) is 0 Å². The third-order valence-corrected chi connectivity index (χ3v) is 5.03. The lowest BCUT2D eigenvalue weighted by molar-refractivity contribution is -0.113. The zero-order valence-electron chi connectivity index (χ0n) is 16.2. The number of nitrogens with zero attached hydrogens (tertiary/aromatic N) is 2. The van der Waals surface area contributed by atoms with E-state index in [1.807, 2.05) is 43.3 Å². The van der Waals surface area contributed by atoms with Gasteiger partial charge in [-0.25, -0.2) is 0 Å². The molecule has 1 N–H and O–H groups in total. The summed E-state index contributed by atoms with van der Waals surface area (Å²) in [4.78, 5) is 12.3. The zero-order chi connectivity index (χ0) is 19.9. The highest BCUT2D eigenvalue weighted by Crippen LogP contribution is 2.25. The van der Waals surface area contributed by atoms with Crippen molar-refractivity contribution in [2.45, 2.75) is 25.8 Å². The molecule has 2 aromatic carbocycles. The number of nitrogens with one attached hydrogen (secondary N) is 1. The molecule has 3 rings (SSSR count). The van der Waals surface area contributed by atoms with E-state index in [0.29, 0.717) is 23.1 Å². The van der Waals surface area contributed by atoms with Crippen LogP contribution in [0.25, 0.3) is 11.3 Å². The molecular weight excluding hydrogens is 370 g/mol. The average Bonchev–Trinajstić information content (AvgIpc) is 2.69. The first-order chi connectivity index (χ1) is 13.6. The van der Waals surface area contributed by atoms with E-state index in [-0.39, 0.29) is 11.7 Å². The summed E-state index contributed by atoms with van der Waals surface area (Å²) in [6.07, 6.45) is 0. The van der Waals surface area contributed by atoms with Crippen molar-refractivity contribution in [3.05, 3.63) is 65.7 Å². The molecule has 0 aliphatic heterocycles. The van der Waals surface area contributed by atoms with Gasteiger partial charge in [-0.05, 0) is 50.6 Å². The highest BCUT2D eigenvalue weighted by atomic mass is 32.2. The average molecular weight is 394 g/mol. The van der Waals surface area contributed by atoms with Crippen molar-refractivity contribution in [3.8, 4) is 17.0 Å². The smallest absolute Gasteiger partial charge is 0.234 e. The van der Waals surface area contributed by atoms with Crippen LogP contribution in [0, 0.1) is 13.8 Å². The Bertz CT molecular complexity index is 958. The lowest BCUT2D eigenvalue weighted by Crippen LogP contribution is -2.15. The van der Waals surface area contributed by atoms with Crippen molar-refractivity contribution >= 4 is 23.4 Å². The number of carbonyl (C=O) groups excluding carboxylic acids is 1. The van der Waals surface area contributed by atoms with Gasteiger partial charge in [0.2, 0.25) is 5.91 Å². The molecule has 28 heavy (non-hydrogen) atoms. The third-order valence-electron chi connectivity index (χ3n) is 4.11. The Morgan fingerprint density at radius 2 is 1.89 bits per heavy atom. The van der Waals surface area contributed by atoms with Crippen molar-refractivity contribution < 1.29 is 9.53 Å². The van der Waals surface area contributed by atoms with Crippen LogP contribution in [-0.2, 0) is 4.79 Å². The summed E-state index contributed by atoms with van der Waals surface area (Å²) in [5, 5.41) is 12.2. The Morgan fingerprint density at radius 1 is 1.07 bits per heavy atom. The van der Waals surface area contributed by atoms with Crippen LogP contribution in [0.4, 0.5) is 5.69 Å². The summed E-state index contributed by atoms with van der Waals surface area (Å²) in [6.45, 7) is 6.59. The van der Waals surface area contributed by atoms with Gasteiger partial charge >= 0.3 is 0 Å². The highest BCUT2D eigenvalue weighted by Gasteiger charge is 2.10. The maximum absolute atomic E-state index is 12.3. The molecule has 0 radical (unpaired) electrons. The van der Waals surface area contributed by atoms with E-state index in [2.05, 4.69) is 47.6 Å². The van der Waals surface area contributed by atoms with Gasteiger partial charge in [0.15, 0.2) is 0 Å². The van der Waals surface area contributed by atoms with E-state index in [0.717, 1.165) is 11.3 Å². The molecule has 0 bridgehead atoms. The number of aryl methyl sites for hydroxylation is 2. The molecule has 1 amide bonds. The maximum atomic E-state index is 12.3. The molecule has 6 heteroatoms. The van der Waals surface area contributed by atoms with Crippen molar-refractivity contribution in [3.63, 3.8) is 0 Å². The molecule has 0 aliphatic carbocycles. The fraction of sp³-hybridized carbons (Fsp3) is 0.227. The lowest BCUT2D eigenvalue weighted by atomic mass is 10.0. The normalized spacial score (nSPS) is 10.5. The van der Waals surface area contributed by atoms with Crippen LogP contribution in [0.2, 0.25) is 0 Å². The van der Waals surface area contributed by atoms with Gasteiger partial charge in [0.05, 0.1) is 23.7 Å². The minimum Gasteiger partial charge on any atom is -0.492 e. The Labute approximate surface area is 169 Å². The first kappa shape index (κ1) is 19.9. The minimum atomic E-state index is -0.114. The largest absolute Gasteiger partial charge is 0.492 e. The molecular formula is C22H23N3O2S. The van der Waals surface area contributed by atoms with E-state index in [9.17, 15) is 4.79 Å². The molecule has 1 heterocycles. The lowest BCUT2D eigenvalue weighted by Gasteiger charge is -2.11. The predicted octanol–water partition coefficient (Wildman–Crippen LogP) is 4.89. The second-order valence-corrected chi connectivity index (χ2v) is 7.34. The van der Waals surface area contributed by atoms with Gasteiger partial charge in [-0.2, -0.15) is 0 Å². The molecule has 144 valence electrons. The summed E-state index contributed by atoms with van der Waals surface area (Å²) in [5.74, 6) is 0.802. The second-order valence-electron chi connectivity index (χ2n) is 6.34. The molecule has 0 saturated carbocycles. The number of benzene rings is 2. The number of thioether (sulfide) groups is 1. The monoisotopic (exact) mass is 393 g/mol. The number of amides is 1. The molecule has 0 spiro atoms. The number of aromatic nitrogens is 2. The predicted molar refractivity (Wildman–Crippen MR) is 114 cm³/mol. The van der Waals surface area contributed by atoms with Crippen molar-refractivity contribution in [1.82, 2.24) is 10.2 Å². The fourth-order valence-electron chi connectivity index (χ4n) is 2.82. The molecule has 0 unspecified atom stereocenters. The second kappa shape index (κ2) is 9.37. The van der Waals surface area contributed by atoms with Crippen molar-refractivity contribution in [2.75, 3.05) is 17.7 Å². The van der Waals surface area contributed by atoms with Crippen LogP contribution in [-0.4, -0.2) is 28.5 Å². The van der Waals surface area contributed by atoms with Crippen LogP contribution in [0.5, 0.6) is 5.75 Å². The quantitative estimate of drug-likeness (QED) is 0.579. The Kier molecular flexibility index (Phi) is 6.66. The molecule has 5 nitrogen and oxygen atoms in total. The number of anilines is 1. The van der Waals surface area contributed by atoms with Crippen LogP contribution in [0.3, 0.4) is 0 Å². The summed E-state index contributed by atoms with van der Waals surface area (Å²) >= 11 is 1.35. The molecule has 1 aromatic heterocycles. The van der Waals surface area contributed by atoms with E-state index >= 15 is 0 Å². The van der Waals surface area contributed by atoms with E-state index in [1.54, 1.807) is 0 Å². The third kappa shape index (κ3) is 5.10. The molecule has 3 aromatic rings. The van der Waals surface area contributed by atoms with Gasteiger partial charge < -0.3 is 10.1 Å². The number of hydrogen-bond donors (Lipinski definition) is 1. The van der Waals surface area contributed by atoms with Crippen LogP contribution in [0.1, 0.15) is 18.1 Å². The summed E-state index contributed by atoms with van der Waals surface area (Å²) in [7, 11) is 0. The first-order valence-corrected chi connectivity index (χ1v) is 10.1. The van der Waals surface area contributed by atoms with Crippen molar-refractivity contribution in [1.29, 1.82) is 0 Å². The highest BCUT2D eigenvalue weighted by molar-refractivity contribution is 7.99. The van der Waals surface area contributed by atoms with Crippen molar-refractivity contribution in [2.24, 2.45) is 0 Å². The summed E-state index contributed by atoms with van der Waals surface area (Å²) < 4.78 is 5.53. The van der Waals surface area contributed by atoms with Gasteiger partial charge in [-0.15, -0.1) is 10.2 Å². The number of hydrogen-bond acceptors (Lipinski definition) is 5. The van der Waals surface area contributed by atoms with Gasteiger partial charge in [0.1, 0.15) is 10.8 Å². The van der Waals surface area contributed by atoms with Gasteiger partial charge in [-0.3, -0.25) is 4.79 Å². The van der Waals surface area contributed by atoms with Gasteiger partial charge in [0, 0.05) is 5.56 Å². The minimum absolute atomic E-state index is 0.114. The molecule has 0 fully saturated rings. The van der Waals surface area contributed by atoms with E-state index in [4.69, 9.17) is 4.74 Å². The summed E-state index contributed by atoms with van der Waals surface area (Å²) in [5.41, 5.74) is 4.96. The Hall–Kier alpha value is -2.86. The number of ether oxygens (including phenoxy) is 1. The number of para-hydroxylation sites is 2. The maximum Gasteiger partial charge on any atom is 0.234 e. The van der Waals surface area contributed by atoms with Crippen LogP contribution >= 0.6 is 11.8 Å². The van der Waals surface area contributed by atoms with Crippen LogP contribution < -0.4 is 10.1 Å². The molecule has 0 saturated heterocycles. The fourth-order valence-corrected chi connectivity index (χ4v) is 3.43. The Balaban J connectivity index is 1.60. The standard InChI is InChI=1S/C22H23N3O2S/c1-4-27-20-8-6-5-7-19(20)23-21(26)14-28-22-12-11-18(24-25-22)17-10-9-15(2)13-16(17)3/h5-13H,4,14H2,1-3H3,(H,23,26). The number of rotatable bonds is 7. The van der Waals surface area contributed by atoms with Gasteiger partial charge in [-0.1, -0.05) is 47.7 Å². The summed E-state index contributed by atoms with van der Waals surface area (Å²) in [6, 6.07) is 17.5. The Morgan fingerprint density at radius 3 is 2.61 bits per heavy atom.